The molecule has 1 aromatic heterocycles. The molecule has 0 saturated carbocycles. The van der Waals surface area contributed by atoms with E-state index < -0.39 is 24.1 Å². The number of nitrogens with one attached hydrogen (secondary N) is 1. The van der Waals surface area contributed by atoms with Crippen molar-refractivity contribution < 1.29 is 29.3 Å². The molecule has 0 amide bonds. The normalized spacial score (nSPS) is 13.6. The largest absolute Gasteiger partial charge is 0.466 e. The van der Waals surface area contributed by atoms with Crippen molar-refractivity contribution in [3.8, 4) is 0 Å². The summed E-state index contributed by atoms with van der Waals surface area (Å²) in [7, 11) is 1.29. The molecule has 2 aromatic rings. The Morgan fingerprint density at radius 2 is 2.00 bits per heavy atom. The molecule has 2 atom stereocenters. The molecule has 0 saturated heterocycles. The maximum Gasteiger partial charge on any atom is 0.354 e. The summed E-state index contributed by atoms with van der Waals surface area (Å²) in [6.07, 6.45) is -2.82. The molecule has 7 heteroatoms. The number of benzene rings is 1. The third-order valence-corrected chi connectivity index (χ3v) is 3.44. The zero-order valence-corrected chi connectivity index (χ0v) is 12.9. The van der Waals surface area contributed by atoms with Crippen LogP contribution in [0.1, 0.15) is 35.5 Å². The summed E-state index contributed by atoms with van der Waals surface area (Å²) >= 11 is 0. The number of aromatic amines is 1. The molecule has 0 aliphatic rings. The van der Waals surface area contributed by atoms with Crippen LogP contribution in [0.4, 0.5) is 0 Å². The van der Waals surface area contributed by atoms with E-state index in [4.69, 9.17) is 4.74 Å². The summed E-state index contributed by atoms with van der Waals surface area (Å²) < 4.78 is 9.38. The van der Waals surface area contributed by atoms with E-state index in [1.165, 1.54) is 7.11 Å². The molecule has 0 spiro atoms. The number of methoxy groups -OCH3 is 1. The minimum atomic E-state index is -1.28. The highest BCUT2D eigenvalue weighted by Gasteiger charge is 2.22. The maximum absolute atomic E-state index is 11.5. The SMILES string of the molecule is CCOC(=O)CC(O)C(O)c1ccc2cc(C(=O)OC)[nH]c2c1. The number of aliphatic hydroxyl groups excluding tert-OH is 2. The third-order valence-electron chi connectivity index (χ3n) is 3.44. The Kier molecular flexibility index (Phi) is 5.36. The van der Waals surface area contributed by atoms with Crippen molar-refractivity contribution in [3.63, 3.8) is 0 Å². The maximum atomic E-state index is 11.5. The molecule has 0 aliphatic carbocycles. The summed E-state index contributed by atoms with van der Waals surface area (Å²) in [6, 6.07) is 6.57. The quantitative estimate of drug-likeness (QED) is 0.692. The van der Waals surface area contributed by atoms with Gasteiger partial charge in [0.15, 0.2) is 0 Å². The van der Waals surface area contributed by atoms with Gasteiger partial charge in [-0.25, -0.2) is 4.79 Å². The van der Waals surface area contributed by atoms with Crippen LogP contribution in [0.3, 0.4) is 0 Å². The predicted molar refractivity (Wildman–Crippen MR) is 81.9 cm³/mol. The fourth-order valence-electron chi connectivity index (χ4n) is 2.27. The van der Waals surface area contributed by atoms with Gasteiger partial charge < -0.3 is 24.7 Å². The van der Waals surface area contributed by atoms with Gasteiger partial charge in [-0.05, 0) is 24.6 Å². The number of esters is 2. The van der Waals surface area contributed by atoms with E-state index in [0.717, 1.165) is 5.39 Å². The summed E-state index contributed by atoms with van der Waals surface area (Å²) in [6.45, 7) is 1.88. The van der Waals surface area contributed by atoms with Crippen LogP contribution in [-0.4, -0.2) is 47.0 Å². The lowest BCUT2D eigenvalue weighted by Crippen LogP contribution is -2.23. The summed E-state index contributed by atoms with van der Waals surface area (Å²) in [5.41, 5.74) is 1.33. The van der Waals surface area contributed by atoms with E-state index in [1.54, 1.807) is 31.2 Å². The number of fused-ring (bicyclic) bond motifs is 1. The van der Waals surface area contributed by atoms with Gasteiger partial charge >= 0.3 is 11.9 Å². The number of hydrogen-bond donors (Lipinski definition) is 3. The smallest absolute Gasteiger partial charge is 0.354 e. The first-order valence-electron chi connectivity index (χ1n) is 7.19. The number of hydrogen-bond acceptors (Lipinski definition) is 6. The molecule has 124 valence electrons. The average molecular weight is 321 g/mol. The predicted octanol–water partition coefficient (Wildman–Crippen LogP) is 1.30. The molecular formula is C16H19NO6. The van der Waals surface area contributed by atoms with E-state index in [9.17, 15) is 19.8 Å². The molecule has 2 rings (SSSR count). The minimum absolute atomic E-state index is 0.215. The van der Waals surface area contributed by atoms with Crippen molar-refractivity contribution in [1.29, 1.82) is 0 Å². The van der Waals surface area contributed by atoms with Crippen LogP contribution in [0.5, 0.6) is 0 Å². The van der Waals surface area contributed by atoms with Crippen molar-refractivity contribution in [2.75, 3.05) is 13.7 Å². The Bertz CT molecular complexity index is 708. The van der Waals surface area contributed by atoms with Crippen LogP contribution >= 0.6 is 0 Å². The third kappa shape index (κ3) is 3.88. The summed E-state index contributed by atoms with van der Waals surface area (Å²) in [5, 5.41) is 20.9. The Hall–Kier alpha value is -2.38. The van der Waals surface area contributed by atoms with Gasteiger partial charge in [0.2, 0.25) is 0 Å². The number of carbonyl (C=O) groups excluding carboxylic acids is 2. The second-order valence-corrected chi connectivity index (χ2v) is 5.04. The number of carbonyl (C=O) groups is 2. The molecule has 1 heterocycles. The Balaban J connectivity index is 2.18. The monoisotopic (exact) mass is 321 g/mol. The molecule has 0 aliphatic heterocycles. The van der Waals surface area contributed by atoms with Crippen LogP contribution in [0, 0.1) is 0 Å². The highest BCUT2D eigenvalue weighted by atomic mass is 16.5. The van der Waals surface area contributed by atoms with E-state index in [2.05, 4.69) is 9.72 Å². The van der Waals surface area contributed by atoms with Gasteiger partial charge in [-0.1, -0.05) is 12.1 Å². The van der Waals surface area contributed by atoms with Crippen molar-refractivity contribution in [1.82, 2.24) is 4.98 Å². The van der Waals surface area contributed by atoms with Crippen LogP contribution in [0.2, 0.25) is 0 Å². The van der Waals surface area contributed by atoms with Gasteiger partial charge in [0.25, 0.3) is 0 Å². The molecule has 7 nitrogen and oxygen atoms in total. The molecule has 3 N–H and O–H groups in total. The van der Waals surface area contributed by atoms with Crippen LogP contribution in [0.25, 0.3) is 10.9 Å². The minimum Gasteiger partial charge on any atom is -0.466 e. The first-order chi connectivity index (χ1) is 11.0. The Morgan fingerprint density at radius 3 is 2.65 bits per heavy atom. The highest BCUT2D eigenvalue weighted by Crippen LogP contribution is 2.24. The van der Waals surface area contributed by atoms with E-state index >= 15 is 0 Å². The van der Waals surface area contributed by atoms with Gasteiger partial charge in [0, 0.05) is 10.9 Å². The standard InChI is InChI=1S/C16H19NO6/c1-3-23-14(19)8-13(18)15(20)10-5-4-9-6-12(16(21)22-2)17-11(9)7-10/h4-7,13,15,17-18,20H,3,8H2,1-2H3. The van der Waals surface area contributed by atoms with Crippen molar-refractivity contribution in [2.24, 2.45) is 0 Å². The highest BCUT2D eigenvalue weighted by molar-refractivity contribution is 5.94. The number of H-pyrrole nitrogens is 1. The fraction of sp³-hybridized carbons (Fsp3) is 0.375. The van der Waals surface area contributed by atoms with Gasteiger partial charge in [-0.15, -0.1) is 0 Å². The van der Waals surface area contributed by atoms with E-state index in [-0.39, 0.29) is 13.0 Å². The summed E-state index contributed by atoms with van der Waals surface area (Å²) in [5.74, 6) is -1.07. The molecule has 1 aromatic carbocycles. The zero-order chi connectivity index (χ0) is 17.0. The summed E-state index contributed by atoms with van der Waals surface area (Å²) in [4.78, 5) is 25.7. The van der Waals surface area contributed by atoms with Gasteiger partial charge in [0.1, 0.15) is 11.8 Å². The van der Waals surface area contributed by atoms with E-state index in [0.29, 0.717) is 16.8 Å². The van der Waals surface area contributed by atoms with Crippen molar-refractivity contribution >= 4 is 22.8 Å². The lowest BCUT2D eigenvalue weighted by Gasteiger charge is -2.17. The first-order valence-corrected chi connectivity index (χ1v) is 7.19. The van der Waals surface area contributed by atoms with E-state index in [1.807, 2.05) is 0 Å². The van der Waals surface area contributed by atoms with Crippen LogP contribution in [-0.2, 0) is 14.3 Å². The lowest BCUT2D eigenvalue weighted by molar-refractivity contribution is -0.147. The van der Waals surface area contributed by atoms with Crippen molar-refractivity contribution in [2.45, 2.75) is 25.6 Å². The Morgan fingerprint density at radius 1 is 1.26 bits per heavy atom. The van der Waals surface area contributed by atoms with Gasteiger partial charge in [-0.3, -0.25) is 4.79 Å². The first kappa shape index (κ1) is 17.0. The fourth-order valence-corrected chi connectivity index (χ4v) is 2.27. The molecule has 23 heavy (non-hydrogen) atoms. The van der Waals surface area contributed by atoms with Gasteiger partial charge in [0.05, 0.1) is 26.2 Å². The van der Waals surface area contributed by atoms with Gasteiger partial charge in [-0.2, -0.15) is 0 Å². The number of aromatic nitrogens is 1. The molecular weight excluding hydrogens is 302 g/mol. The number of rotatable bonds is 6. The lowest BCUT2D eigenvalue weighted by atomic mass is 10.0. The zero-order valence-electron chi connectivity index (χ0n) is 12.9. The average Bonchev–Trinajstić information content (AvgIpc) is 2.96. The molecule has 0 fully saturated rings. The second-order valence-electron chi connectivity index (χ2n) is 5.04. The molecule has 0 radical (unpaired) electrons. The Labute approximate surface area is 132 Å². The topological polar surface area (TPSA) is 109 Å². The van der Waals surface area contributed by atoms with Crippen LogP contribution < -0.4 is 0 Å². The number of aliphatic hydroxyl groups is 2. The second kappa shape index (κ2) is 7.26. The van der Waals surface area contributed by atoms with Crippen LogP contribution in [0.15, 0.2) is 24.3 Å². The van der Waals surface area contributed by atoms with Crippen molar-refractivity contribution in [3.05, 3.63) is 35.5 Å². The molecule has 2 unspecified atom stereocenters. The molecule has 0 bridgehead atoms. The number of ether oxygens (including phenoxy) is 2.